The fourth-order valence-corrected chi connectivity index (χ4v) is 2.98. The zero-order valence-corrected chi connectivity index (χ0v) is 17.0. The Hall–Kier alpha value is -3.56. The van der Waals surface area contributed by atoms with Crippen LogP contribution in [0.2, 0.25) is 0 Å². The number of amides is 2. The summed E-state index contributed by atoms with van der Waals surface area (Å²) in [6.07, 6.45) is 0. The van der Waals surface area contributed by atoms with E-state index in [9.17, 15) is 9.59 Å². The molecule has 0 atom stereocenters. The minimum absolute atomic E-state index is 0.134. The van der Waals surface area contributed by atoms with Crippen LogP contribution in [-0.2, 0) is 4.79 Å². The normalized spacial score (nSPS) is 9.86. The van der Waals surface area contributed by atoms with Crippen LogP contribution in [0.4, 0.5) is 5.69 Å². The van der Waals surface area contributed by atoms with Crippen LogP contribution in [-0.4, -0.2) is 37.4 Å². The van der Waals surface area contributed by atoms with Gasteiger partial charge in [0, 0.05) is 25.3 Å². The fourth-order valence-electron chi connectivity index (χ4n) is 2.41. The van der Waals surface area contributed by atoms with E-state index in [0.29, 0.717) is 17.0 Å². The number of nitrogens with one attached hydrogen (secondary N) is 1. The number of hydrogen-bond donors (Lipinski definition) is 1. The van der Waals surface area contributed by atoms with Crippen molar-refractivity contribution in [2.24, 2.45) is 0 Å². The van der Waals surface area contributed by atoms with E-state index in [2.05, 4.69) is 17.2 Å². The van der Waals surface area contributed by atoms with Gasteiger partial charge >= 0.3 is 0 Å². The number of carbonyl (C=O) groups excluding carboxylic acids is 2. The van der Waals surface area contributed by atoms with Crippen LogP contribution in [0.1, 0.15) is 20.8 Å². The van der Waals surface area contributed by atoms with Crippen LogP contribution < -0.4 is 10.1 Å². The Kier molecular flexibility index (Phi) is 6.67. The molecule has 1 aromatic heterocycles. The average molecular weight is 404 g/mol. The lowest BCUT2D eigenvalue weighted by Gasteiger charge is -2.14. The number of likely N-dealkylation sites (N-methyl/N-ethyl adjacent to an activating group) is 1. The third-order valence-corrected chi connectivity index (χ3v) is 4.74. The molecule has 0 saturated carbocycles. The molecule has 3 aromatic rings. The summed E-state index contributed by atoms with van der Waals surface area (Å²) in [5.74, 6) is 6.05. The molecule has 146 valence electrons. The summed E-state index contributed by atoms with van der Waals surface area (Å²) in [6, 6.07) is 18.1. The molecule has 0 aliphatic heterocycles. The molecule has 6 heteroatoms. The number of rotatable bonds is 5. The number of para-hydroxylation sites is 1. The van der Waals surface area contributed by atoms with Crippen LogP contribution in [0.25, 0.3) is 0 Å². The number of ether oxygens (including phenoxy) is 1. The second-order valence-corrected chi connectivity index (χ2v) is 7.28. The van der Waals surface area contributed by atoms with Gasteiger partial charge in [0.15, 0.2) is 6.61 Å². The van der Waals surface area contributed by atoms with Gasteiger partial charge in [-0.2, -0.15) is 0 Å². The second-order valence-electron chi connectivity index (χ2n) is 6.34. The van der Waals surface area contributed by atoms with E-state index in [4.69, 9.17) is 4.74 Å². The lowest BCUT2D eigenvalue weighted by Crippen LogP contribution is -2.28. The first-order valence-corrected chi connectivity index (χ1v) is 9.80. The van der Waals surface area contributed by atoms with Gasteiger partial charge in [-0.15, -0.1) is 11.3 Å². The Morgan fingerprint density at radius 2 is 1.86 bits per heavy atom. The van der Waals surface area contributed by atoms with Crippen LogP contribution in [0.15, 0.2) is 66.0 Å². The smallest absolute Gasteiger partial charge is 0.259 e. The van der Waals surface area contributed by atoms with Gasteiger partial charge in [0.25, 0.3) is 11.8 Å². The molecule has 5 nitrogen and oxygen atoms in total. The molecule has 0 radical (unpaired) electrons. The highest BCUT2D eigenvalue weighted by molar-refractivity contribution is 7.10. The Morgan fingerprint density at radius 3 is 2.62 bits per heavy atom. The largest absolute Gasteiger partial charge is 0.483 e. The summed E-state index contributed by atoms with van der Waals surface area (Å²) < 4.78 is 5.55. The molecule has 0 fully saturated rings. The SMILES string of the molecule is CN(C)C(=O)COc1ccccc1C(=O)Nc1cccc(C#Cc2cccs2)c1. The van der Waals surface area contributed by atoms with Crippen LogP contribution in [0.3, 0.4) is 0 Å². The molecular weight excluding hydrogens is 384 g/mol. The van der Waals surface area contributed by atoms with E-state index in [1.165, 1.54) is 4.90 Å². The molecule has 29 heavy (non-hydrogen) atoms. The predicted molar refractivity (Wildman–Crippen MR) is 115 cm³/mol. The Labute approximate surface area is 173 Å². The van der Waals surface area contributed by atoms with E-state index >= 15 is 0 Å². The van der Waals surface area contributed by atoms with Gasteiger partial charge < -0.3 is 15.0 Å². The molecule has 1 heterocycles. The highest BCUT2D eigenvalue weighted by Gasteiger charge is 2.14. The van der Waals surface area contributed by atoms with Crippen LogP contribution >= 0.6 is 11.3 Å². The van der Waals surface area contributed by atoms with E-state index in [0.717, 1.165) is 10.4 Å². The van der Waals surface area contributed by atoms with Crippen molar-refractivity contribution in [1.29, 1.82) is 0 Å². The molecule has 0 saturated heterocycles. The van der Waals surface area contributed by atoms with Crippen molar-refractivity contribution < 1.29 is 14.3 Å². The van der Waals surface area contributed by atoms with Crippen molar-refractivity contribution in [3.63, 3.8) is 0 Å². The molecule has 0 aliphatic rings. The number of benzene rings is 2. The Morgan fingerprint density at radius 1 is 1.03 bits per heavy atom. The van der Waals surface area contributed by atoms with Gasteiger partial charge in [-0.25, -0.2) is 0 Å². The topological polar surface area (TPSA) is 58.6 Å². The number of thiophene rings is 1. The van der Waals surface area contributed by atoms with E-state index in [1.54, 1.807) is 55.8 Å². The molecule has 2 aromatic carbocycles. The van der Waals surface area contributed by atoms with E-state index < -0.39 is 0 Å². The zero-order chi connectivity index (χ0) is 20.6. The van der Waals surface area contributed by atoms with Gasteiger partial charge in [0.05, 0.1) is 10.4 Å². The summed E-state index contributed by atoms with van der Waals surface area (Å²) in [7, 11) is 3.30. The third-order valence-electron chi connectivity index (χ3n) is 3.95. The first-order chi connectivity index (χ1) is 14.0. The lowest BCUT2D eigenvalue weighted by atomic mass is 10.1. The molecule has 0 bridgehead atoms. The maximum Gasteiger partial charge on any atom is 0.259 e. The minimum atomic E-state index is -0.318. The van der Waals surface area contributed by atoms with Gasteiger partial charge in [0.2, 0.25) is 0 Å². The molecule has 2 amide bonds. The number of hydrogen-bond acceptors (Lipinski definition) is 4. The summed E-state index contributed by atoms with van der Waals surface area (Å²) in [5.41, 5.74) is 1.79. The van der Waals surface area contributed by atoms with Gasteiger partial charge in [0.1, 0.15) is 5.75 Å². The van der Waals surface area contributed by atoms with Crippen LogP contribution in [0.5, 0.6) is 5.75 Å². The maximum atomic E-state index is 12.7. The quantitative estimate of drug-likeness (QED) is 0.657. The Bertz CT molecular complexity index is 1060. The standard InChI is InChI=1S/C23H20N2O3S/c1-25(2)22(26)16-28-21-11-4-3-10-20(21)23(27)24-18-8-5-7-17(15-18)12-13-19-9-6-14-29-19/h3-11,14-15H,16H2,1-2H3,(H,24,27). The highest BCUT2D eigenvalue weighted by Crippen LogP contribution is 2.20. The fraction of sp³-hybridized carbons (Fsp3) is 0.130. The maximum absolute atomic E-state index is 12.7. The second kappa shape index (κ2) is 9.58. The van der Waals surface area contributed by atoms with E-state index in [1.807, 2.05) is 35.7 Å². The molecule has 0 unspecified atom stereocenters. The summed E-state index contributed by atoms with van der Waals surface area (Å²) >= 11 is 1.58. The summed E-state index contributed by atoms with van der Waals surface area (Å²) in [6.45, 7) is -0.134. The third kappa shape index (κ3) is 5.71. The number of carbonyl (C=O) groups is 2. The van der Waals surface area contributed by atoms with Crippen molar-refractivity contribution >= 4 is 28.8 Å². The monoisotopic (exact) mass is 404 g/mol. The summed E-state index contributed by atoms with van der Waals surface area (Å²) in [5, 5.41) is 4.84. The first-order valence-electron chi connectivity index (χ1n) is 8.92. The summed E-state index contributed by atoms with van der Waals surface area (Å²) in [4.78, 5) is 26.9. The minimum Gasteiger partial charge on any atom is -0.483 e. The highest BCUT2D eigenvalue weighted by atomic mass is 32.1. The molecule has 0 aliphatic carbocycles. The van der Waals surface area contributed by atoms with Gasteiger partial charge in [-0.3, -0.25) is 9.59 Å². The first kappa shape index (κ1) is 20.2. The van der Waals surface area contributed by atoms with Crippen molar-refractivity contribution in [2.45, 2.75) is 0 Å². The van der Waals surface area contributed by atoms with Gasteiger partial charge in [-0.05, 0) is 41.8 Å². The predicted octanol–water partition coefficient (Wildman–Crippen LogP) is 3.87. The van der Waals surface area contributed by atoms with Gasteiger partial charge in [-0.1, -0.05) is 36.1 Å². The molecule has 0 spiro atoms. The lowest BCUT2D eigenvalue weighted by molar-refractivity contribution is -0.130. The molecule has 3 rings (SSSR count). The van der Waals surface area contributed by atoms with Crippen LogP contribution in [0, 0.1) is 11.8 Å². The number of anilines is 1. The van der Waals surface area contributed by atoms with Crippen molar-refractivity contribution in [3.8, 4) is 17.6 Å². The van der Waals surface area contributed by atoms with E-state index in [-0.39, 0.29) is 18.4 Å². The Balaban J connectivity index is 1.72. The molecule has 1 N–H and O–H groups in total. The average Bonchev–Trinajstić information content (AvgIpc) is 3.24. The van der Waals surface area contributed by atoms with Crippen molar-refractivity contribution in [2.75, 3.05) is 26.0 Å². The molecular formula is C23H20N2O3S. The number of nitrogens with zero attached hydrogens (tertiary/aromatic N) is 1. The van der Waals surface area contributed by atoms with Crippen molar-refractivity contribution in [3.05, 3.63) is 82.0 Å². The van der Waals surface area contributed by atoms with Crippen molar-refractivity contribution in [1.82, 2.24) is 4.90 Å². The zero-order valence-electron chi connectivity index (χ0n) is 16.1.